The molecule has 1 aliphatic heterocycles. The van der Waals surface area contributed by atoms with E-state index in [-0.39, 0.29) is 12.1 Å². The molecule has 0 radical (unpaired) electrons. The molecular formula is C30H26N8O2. The van der Waals surface area contributed by atoms with Gasteiger partial charge >= 0.3 is 0 Å². The second-order valence-electron chi connectivity index (χ2n) is 9.57. The zero-order valence-corrected chi connectivity index (χ0v) is 21.8. The van der Waals surface area contributed by atoms with Crippen LogP contribution in [0.15, 0.2) is 73.4 Å². The van der Waals surface area contributed by atoms with Crippen LogP contribution in [0.4, 0.5) is 17.2 Å². The number of nitrogens with one attached hydrogen (secondary N) is 2. The van der Waals surface area contributed by atoms with Crippen molar-refractivity contribution < 1.29 is 9.53 Å². The van der Waals surface area contributed by atoms with E-state index in [2.05, 4.69) is 36.6 Å². The van der Waals surface area contributed by atoms with Crippen LogP contribution in [0, 0.1) is 18.3 Å². The predicted molar refractivity (Wildman–Crippen MR) is 151 cm³/mol. The van der Waals surface area contributed by atoms with Crippen molar-refractivity contribution in [3.63, 3.8) is 0 Å². The molecule has 1 saturated heterocycles. The average molecular weight is 531 g/mol. The summed E-state index contributed by atoms with van der Waals surface area (Å²) in [5.74, 6) is 0.336. The minimum Gasteiger partial charge on any atom is -0.358 e. The summed E-state index contributed by atoms with van der Waals surface area (Å²) in [5, 5.41) is 15.4. The molecule has 1 fully saturated rings. The molecule has 1 amide bonds. The van der Waals surface area contributed by atoms with Gasteiger partial charge in [-0.2, -0.15) is 5.26 Å². The maximum atomic E-state index is 12.8. The van der Waals surface area contributed by atoms with Crippen LogP contribution in [0.2, 0.25) is 0 Å². The number of nitriles is 1. The van der Waals surface area contributed by atoms with Crippen LogP contribution in [0.3, 0.4) is 0 Å². The quantitative estimate of drug-likeness (QED) is 0.283. The van der Waals surface area contributed by atoms with Gasteiger partial charge in [-0.15, -0.1) is 0 Å². The number of fused-ring (bicyclic) bond motifs is 1. The number of amides is 1. The SMILES string of the molecule is Cc1ccc(NC(=O)c2ccc(C#N)cc2)cc1Nc1ncccc1-c1ncnc2c1ncn2C1CCCCO1. The van der Waals surface area contributed by atoms with E-state index in [4.69, 9.17) is 10.00 Å². The third kappa shape index (κ3) is 4.98. The van der Waals surface area contributed by atoms with Gasteiger partial charge in [0.15, 0.2) is 5.65 Å². The first-order valence-electron chi connectivity index (χ1n) is 13.0. The topological polar surface area (TPSA) is 131 Å². The van der Waals surface area contributed by atoms with Crippen molar-refractivity contribution in [2.24, 2.45) is 0 Å². The number of imidazole rings is 1. The number of nitrogens with zero attached hydrogens (tertiary/aromatic N) is 6. The van der Waals surface area contributed by atoms with E-state index < -0.39 is 0 Å². The summed E-state index contributed by atoms with van der Waals surface area (Å²) in [7, 11) is 0. The van der Waals surface area contributed by atoms with Gasteiger partial charge in [0.2, 0.25) is 0 Å². The van der Waals surface area contributed by atoms with Crippen molar-refractivity contribution in [1.29, 1.82) is 5.26 Å². The van der Waals surface area contributed by atoms with Crippen molar-refractivity contribution in [3.8, 4) is 17.3 Å². The predicted octanol–water partition coefficient (Wildman–Crippen LogP) is 5.76. The van der Waals surface area contributed by atoms with Crippen LogP contribution in [0.5, 0.6) is 0 Å². The van der Waals surface area contributed by atoms with Crippen molar-refractivity contribution in [2.75, 3.05) is 17.2 Å². The zero-order chi connectivity index (χ0) is 27.5. The minimum atomic E-state index is -0.265. The summed E-state index contributed by atoms with van der Waals surface area (Å²) in [4.78, 5) is 31.1. The molecule has 10 nitrogen and oxygen atoms in total. The number of hydrogen-bond donors (Lipinski definition) is 2. The molecule has 198 valence electrons. The summed E-state index contributed by atoms with van der Waals surface area (Å²) in [5.41, 5.74) is 6.17. The standard InChI is InChI=1S/C30H26N8O2/c1-19-7-12-22(36-30(39)21-10-8-20(16-31)9-11-21)15-24(19)37-28-23(5-4-13-32-28)26-27-29(34-17-33-26)38(18-35-27)25-6-2-3-14-40-25/h4-5,7-13,15,17-18,25H,2-3,6,14H2,1H3,(H,32,37)(H,36,39). The Balaban J connectivity index is 1.29. The largest absolute Gasteiger partial charge is 0.358 e. The number of carbonyl (C=O) groups excluding carboxylic acids is 1. The molecule has 0 aliphatic carbocycles. The lowest BCUT2D eigenvalue weighted by Gasteiger charge is -2.23. The molecule has 0 saturated carbocycles. The summed E-state index contributed by atoms with van der Waals surface area (Å²) in [6.07, 6.45) is 8.02. The normalized spacial score (nSPS) is 14.9. The molecule has 4 heterocycles. The van der Waals surface area contributed by atoms with E-state index in [0.29, 0.717) is 33.8 Å². The summed E-state index contributed by atoms with van der Waals surface area (Å²) in [6, 6.07) is 18.0. The van der Waals surface area contributed by atoms with Crippen molar-refractivity contribution in [2.45, 2.75) is 32.4 Å². The van der Waals surface area contributed by atoms with Crippen molar-refractivity contribution >= 4 is 34.3 Å². The third-order valence-electron chi connectivity index (χ3n) is 6.91. The number of pyridine rings is 1. The molecule has 5 aromatic rings. The van der Waals surface area contributed by atoms with Crippen molar-refractivity contribution in [3.05, 3.63) is 90.1 Å². The fourth-order valence-electron chi connectivity index (χ4n) is 4.76. The molecular weight excluding hydrogens is 504 g/mol. The van der Waals surface area contributed by atoms with Gasteiger partial charge in [0, 0.05) is 35.3 Å². The van der Waals surface area contributed by atoms with Gasteiger partial charge in [0.05, 0.1) is 18.0 Å². The highest BCUT2D eigenvalue weighted by atomic mass is 16.5. The van der Waals surface area contributed by atoms with Gasteiger partial charge in [-0.25, -0.2) is 19.9 Å². The van der Waals surface area contributed by atoms with Gasteiger partial charge in [0.1, 0.15) is 29.6 Å². The number of hydrogen-bond acceptors (Lipinski definition) is 8. The van der Waals surface area contributed by atoms with E-state index in [1.165, 1.54) is 0 Å². The Morgan fingerprint density at radius 1 is 1.07 bits per heavy atom. The molecule has 2 N–H and O–H groups in total. The zero-order valence-electron chi connectivity index (χ0n) is 21.8. The monoisotopic (exact) mass is 530 g/mol. The van der Waals surface area contributed by atoms with E-state index in [1.807, 2.05) is 41.8 Å². The third-order valence-corrected chi connectivity index (χ3v) is 6.91. The molecule has 3 aromatic heterocycles. The van der Waals surface area contributed by atoms with Crippen LogP contribution in [0.1, 0.15) is 47.0 Å². The van der Waals surface area contributed by atoms with Crippen LogP contribution >= 0.6 is 0 Å². The van der Waals surface area contributed by atoms with Crippen LogP contribution < -0.4 is 10.6 Å². The number of aryl methyl sites for hydroxylation is 1. The van der Waals surface area contributed by atoms with E-state index in [0.717, 1.165) is 48.3 Å². The Labute approximate surface area is 230 Å². The number of aromatic nitrogens is 5. The van der Waals surface area contributed by atoms with Gasteiger partial charge in [0.25, 0.3) is 5.91 Å². The summed E-state index contributed by atoms with van der Waals surface area (Å²) >= 11 is 0. The van der Waals surface area contributed by atoms with Gasteiger partial charge in [-0.05, 0) is 80.3 Å². The number of ether oxygens (including phenoxy) is 1. The maximum Gasteiger partial charge on any atom is 0.255 e. The summed E-state index contributed by atoms with van der Waals surface area (Å²) in [6.45, 7) is 2.71. The molecule has 1 aliphatic rings. The fraction of sp³-hybridized carbons (Fsp3) is 0.200. The second kappa shape index (κ2) is 10.9. The Hall–Kier alpha value is -5.14. The highest BCUT2D eigenvalue weighted by Crippen LogP contribution is 2.34. The lowest BCUT2D eigenvalue weighted by atomic mass is 10.1. The minimum absolute atomic E-state index is 0.0853. The average Bonchev–Trinajstić information content (AvgIpc) is 3.44. The molecule has 1 atom stereocenters. The first-order valence-corrected chi connectivity index (χ1v) is 13.0. The Morgan fingerprint density at radius 2 is 1.95 bits per heavy atom. The molecule has 40 heavy (non-hydrogen) atoms. The Kier molecular flexibility index (Phi) is 6.87. The van der Waals surface area contributed by atoms with E-state index in [9.17, 15) is 4.79 Å². The fourth-order valence-corrected chi connectivity index (χ4v) is 4.76. The first-order chi connectivity index (χ1) is 19.6. The van der Waals surface area contributed by atoms with Gasteiger partial charge < -0.3 is 15.4 Å². The lowest BCUT2D eigenvalue weighted by molar-refractivity contribution is -0.0298. The molecule has 2 aromatic carbocycles. The number of rotatable bonds is 6. The number of anilines is 3. The van der Waals surface area contributed by atoms with Crippen molar-refractivity contribution in [1.82, 2.24) is 24.5 Å². The van der Waals surface area contributed by atoms with Crippen LogP contribution in [-0.4, -0.2) is 37.0 Å². The number of carbonyl (C=O) groups is 1. The van der Waals surface area contributed by atoms with E-state index >= 15 is 0 Å². The van der Waals surface area contributed by atoms with Crippen LogP contribution in [0.25, 0.3) is 22.4 Å². The molecule has 1 unspecified atom stereocenters. The summed E-state index contributed by atoms with van der Waals surface area (Å²) < 4.78 is 7.94. The molecule has 6 rings (SSSR count). The Bertz CT molecular complexity index is 1730. The molecule has 0 spiro atoms. The van der Waals surface area contributed by atoms with Gasteiger partial charge in [-0.3, -0.25) is 9.36 Å². The highest BCUT2D eigenvalue weighted by molar-refractivity contribution is 6.04. The van der Waals surface area contributed by atoms with Crippen LogP contribution in [-0.2, 0) is 4.74 Å². The first kappa shape index (κ1) is 25.2. The van der Waals surface area contributed by atoms with E-state index in [1.54, 1.807) is 43.1 Å². The smallest absolute Gasteiger partial charge is 0.255 e. The molecule has 10 heteroatoms. The Morgan fingerprint density at radius 3 is 2.75 bits per heavy atom. The lowest BCUT2D eigenvalue weighted by Crippen LogP contribution is -2.17. The maximum absolute atomic E-state index is 12.8. The number of benzene rings is 2. The van der Waals surface area contributed by atoms with Gasteiger partial charge in [-0.1, -0.05) is 6.07 Å². The second-order valence-corrected chi connectivity index (χ2v) is 9.57. The molecule has 0 bridgehead atoms. The highest BCUT2D eigenvalue weighted by Gasteiger charge is 2.22.